The first-order valence-corrected chi connectivity index (χ1v) is 12.1. The monoisotopic (exact) mass is 489 g/mol. The molecule has 3 rings (SSSR count). The van der Waals surface area contributed by atoms with Gasteiger partial charge in [0.05, 0.1) is 23.1 Å². The number of benzene rings is 2. The predicted octanol–water partition coefficient (Wildman–Crippen LogP) is 3.12. The van der Waals surface area contributed by atoms with Gasteiger partial charge in [-0.05, 0) is 55.9 Å². The fraction of sp³-hybridized carbons (Fsp3) is 0.304. The summed E-state index contributed by atoms with van der Waals surface area (Å²) in [6.07, 6.45) is 0. The molecule has 33 heavy (non-hydrogen) atoms. The van der Waals surface area contributed by atoms with Gasteiger partial charge in [-0.2, -0.15) is 0 Å². The highest BCUT2D eigenvalue weighted by molar-refractivity contribution is 7.92. The number of rotatable bonds is 8. The van der Waals surface area contributed by atoms with Crippen LogP contribution in [0.25, 0.3) is 0 Å². The number of methoxy groups -OCH3 is 1. The van der Waals surface area contributed by atoms with Gasteiger partial charge in [0.15, 0.2) is 5.11 Å². The lowest BCUT2D eigenvalue weighted by molar-refractivity contribution is -0.140. The Morgan fingerprint density at radius 1 is 1.15 bits per heavy atom. The number of carbonyl (C=O) groups is 1. The Kier molecular flexibility index (Phi) is 7.72. The second-order valence-corrected chi connectivity index (χ2v) is 9.68. The first-order chi connectivity index (χ1) is 15.6. The van der Waals surface area contributed by atoms with E-state index in [-0.39, 0.29) is 18.1 Å². The molecule has 2 N–H and O–H groups in total. The Bertz CT molecular complexity index is 1180. The lowest BCUT2D eigenvalue weighted by Crippen LogP contribution is -2.46. The summed E-state index contributed by atoms with van der Waals surface area (Å²) in [4.78, 5) is 14.7. The third-order valence-electron chi connectivity index (χ3n) is 5.30. The molecule has 0 amide bonds. The van der Waals surface area contributed by atoms with E-state index in [0.29, 0.717) is 27.6 Å². The summed E-state index contributed by atoms with van der Waals surface area (Å²) in [5.74, 6) is -0.498. The molecule has 10 heteroatoms. The van der Waals surface area contributed by atoms with Crippen molar-refractivity contribution in [1.82, 2.24) is 10.2 Å². The maximum Gasteiger partial charge on any atom is 0.338 e. The van der Waals surface area contributed by atoms with Crippen molar-refractivity contribution < 1.29 is 22.7 Å². The fourth-order valence-corrected chi connectivity index (χ4v) is 4.66. The Morgan fingerprint density at radius 2 is 1.85 bits per heavy atom. The minimum atomic E-state index is -3.77. The van der Waals surface area contributed by atoms with Crippen molar-refractivity contribution in [2.75, 3.05) is 32.1 Å². The van der Waals surface area contributed by atoms with Crippen LogP contribution in [-0.4, -0.2) is 51.8 Å². The third kappa shape index (κ3) is 5.70. The van der Waals surface area contributed by atoms with Crippen LogP contribution in [0, 0.1) is 6.92 Å². The van der Waals surface area contributed by atoms with Gasteiger partial charge in [0.1, 0.15) is 6.61 Å². The fourth-order valence-electron chi connectivity index (χ4n) is 3.36. The molecule has 0 saturated carbocycles. The van der Waals surface area contributed by atoms with Gasteiger partial charge in [-0.25, -0.2) is 13.2 Å². The van der Waals surface area contributed by atoms with Gasteiger partial charge in [0, 0.05) is 25.5 Å². The highest BCUT2D eigenvalue weighted by atomic mass is 32.2. The van der Waals surface area contributed by atoms with Gasteiger partial charge in [-0.3, -0.25) is 4.72 Å². The Labute approximate surface area is 199 Å². The van der Waals surface area contributed by atoms with Crippen molar-refractivity contribution in [3.8, 4) is 0 Å². The smallest absolute Gasteiger partial charge is 0.338 e. The van der Waals surface area contributed by atoms with Gasteiger partial charge >= 0.3 is 5.97 Å². The van der Waals surface area contributed by atoms with Gasteiger partial charge in [0.2, 0.25) is 0 Å². The second-order valence-electron chi connectivity index (χ2n) is 7.61. The molecule has 0 radical (unpaired) electrons. The van der Waals surface area contributed by atoms with Crippen LogP contribution in [0.4, 0.5) is 5.69 Å². The summed E-state index contributed by atoms with van der Waals surface area (Å²) in [6.45, 7) is 4.07. The molecule has 1 heterocycles. The number of anilines is 1. The number of allylic oxidation sites excluding steroid dienone is 1. The number of nitrogens with one attached hydrogen (secondary N) is 2. The van der Waals surface area contributed by atoms with Crippen molar-refractivity contribution in [3.05, 3.63) is 70.9 Å². The summed E-state index contributed by atoms with van der Waals surface area (Å²) >= 11 is 5.42. The van der Waals surface area contributed by atoms with Crippen LogP contribution in [0.5, 0.6) is 0 Å². The van der Waals surface area contributed by atoms with Crippen LogP contribution < -0.4 is 10.0 Å². The van der Waals surface area contributed by atoms with Gasteiger partial charge < -0.3 is 19.7 Å². The summed E-state index contributed by atoms with van der Waals surface area (Å²) < 4.78 is 38.6. The Balaban J connectivity index is 1.92. The minimum absolute atomic E-state index is 0.114. The van der Waals surface area contributed by atoms with E-state index in [1.165, 1.54) is 7.11 Å². The molecule has 1 aliphatic heterocycles. The number of hydrogen-bond donors (Lipinski definition) is 2. The minimum Gasteiger partial charge on any atom is -0.460 e. The van der Waals surface area contributed by atoms with E-state index in [4.69, 9.17) is 21.7 Å². The quantitative estimate of drug-likeness (QED) is 0.332. The summed E-state index contributed by atoms with van der Waals surface area (Å²) in [5, 5.41) is 3.59. The maximum atomic E-state index is 12.9. The van der Waals surface area contributed by atoms with E-state index in [0.717, 1.165) is 5.56 Å². The summed E-state index contributed by atoms with van der Waals surface area (Å²) in [6, 6.07) is 12.8. The van der Waals surface area contributed by atoms with Crippen LogP contribution in [-0.2, 0) is 24.3 Å². The summed E-state index contributed by atoms with van der Waals surface area (Å²) in [7, 11) is -0.489. The van der Waals surface area contributed by atoms with Crippen molar-refractivity contribution in [3.63, 3.8) is 0 Å². The maximum absolute atomic E-state index is 12.9. The van der Waals surface area contributed by atoms with Crippen molar-refractivity contribution in [2.45, 2.75) is 24.8 Å². The van der Waals surface area contributed by atoms with Crippen LogP contribution in [0.15, 0.2) is 64.7 Å². The largest absolute Gasteiger partial charge is 0.460 e. The average Bonchev–Trinajstić information content (AvgIpc) is 2.77. The molecule has 0 spiro atoms. The number of carbonyl (C=O) groups excluding carboxylic acids is 1. The topological polar surface area (TPSA) is 97.0 Å². The molecule has 1 atom stereocenters. The number of aryl methyl sites for hydroxylation is 1. The zero-order valence-electron chi connectivity index (χ0n) is 18.9. The first-order valence-electron chi connectivity index (χ1n) is 10.2. The molecule has 0 bridgehead atoms. The number of ether oxygens (including phenoxy) is 2. The normalized spacial score (nSPS) is 16.4. The van der Waals surface area contributed by atoms with Gasteiger partial charge in [-0.1, -0.05) is 29.8 Å². The molecule has 2 aromatic rings. The van der Waals surface area contributed by atoms with E-state index in [1.54, 1.807) is 67.4 Å². The van der Waals surface area contributed by atoms with E-state index >= 15 is 0 Å². The number of nitrogens with zero attached hydrogens (tertiary/aromatic N) is 1. The number of esters is 1. The van der Waals surface area contributed by atoms with Gasteiger partial charge in [0.25, 0.3) is 10.0 Å². The van der Waals surface area contributed by atoms with Gasteiger partial charge in [-0.15, -0.1) is 0 Å². The molecule has 8 nitrogen and oxygen atoms in total. The molecule has 1 unspecified atom stereocenters. The molecule has 1 aliphatic rings. The molecule has 176 valence electrons. The summed E-state index contributed by atoms with van der Waals surface area (Å²) in [5.41, 5.74) is 3.03. The predicted molar refractivity (Wildman–Crippen MR) is 130 cm³/mol. The van der Waals surface area contributed by atoms with Crippen LogP contribution >= 0.6 is 12.2 Å². The standard InChI is InChI=1S/C23H27N3O5S2/c1-15-8-10-19(11-9-15)33(28,29)25-18-7-5-6-17(14-18)21-20(22(27)31-13-12-30-4)16(2)26(3)23(32)24-21/h5-11,14,21,25H,12-13H2,1-4H3,(H,24,32). The molecule has 0 saturated heterocycles. The zero-order valence-corrected chi connectivity index (χ0v) is 20.5. The zero-order chi connectivity index (χ0) is 24.2. The Morgan fingerprint density at radius 3 is 2.52 bits per heavy atom. The number of hydrogen-bond acceptors (Lipinski definition) is 6. The third-order valence-corrected chi connectivity index (χ3v) is 7.09. The van der Waals surface area contributed by atoms with E-state index in [2.05, 4.69) is 10.0 Å². The lowest BCUT2D eigenvalue weighted by Gasteiger charge is -2.35. The van der Waals surface area contributed by atoms with E-state index in [1.807, 2.05) is 6.92 Å². The molecule has 0 fully saturated rings. The average molecular weight is 490 g/mol. The van der Waals surface area contributed by atoms with Crippen LogP contribution in [0.3, 0.4) is 0 Å². The molecule has 0 aromatic heterocycles. The Hall–Kier alpha value is -2.95. The van der Waals surface area contributed by atoms with Crippen molar-refractivity contribution in [2.24, 2.45) is 0 Å². The van der Waals surface area contributed by atoms with Crippen molar-refractivity contribution >= 4 is 39.0 Å². The van der Waals surface area contributed by atoms with E-state index < -0.39 is 22.0 Å². The number of thiocarbonyl (C=S) groups is 1. The SMILES string of the molecule is COCCOC(=O)C1=C(C)N(C)C(=S)NC1c1cccc(NS(=O)(=O)c2ccc(C)cc2)c1. The van der Waals surface area contributed by atoms with Crippen LogP contribution in [0.1, 0.15) is 24.1 Å². The molecule has 0 aliphatic carbocycles. The molecular weight excluding hydrogens is 462 g/mol. The van der Waals surface area contributed by atoms with Crippen LogP contribution in [0.2, 0.25) is 0 Å². The first kappa shape index (κ1) is 24.7. The molecular formula is C23H27N3O5S2. The van der Waals surface area contributed by atoms with Crippen molar-refractivity contribution in [1.29, 1.82) is 0 Å². The number of sulfonamides is 1. The highest BCUT2D eigenvalue weighted by Crippen LogP contribution is 2.32. The second kappa shape index (κ2) is 10.3. The highest BCUT2D eigenvalue weighted by Gasteiger charge is 2.33. The lowest BCUT2D eigenvalue weighted by atomic mass is 9.95. The molecule has 2 aromatic carbocycles. The van der Waals surface area contributed by atoms with E-state index in [9.17, 15) is 13.2 Å².